The second-order valence-corrected chi connectivity index (χ2v) is 9.54. The predicted molar refractivity (Wildman–Crippen MR) is 109 cm³/mol. The van der Waals surface area contributed by atoms with E-state index in [9.17, 15) is 26.4 Å². The van der Waals surface area contributed by atoms with E-state index in [2.05, 4.69) is 10.0 Å². The Morgan fingerprint density at radius 2 is 1.60 bits per heavy atom. The van der Waals surface area contributed by atoms with Crippen LogP contribution >= 0.6 is 0 Å². The van der Waals surface area contributed by atoms with Gasteiger partial charge in [-0.1, -0.05) is 19.4 Å². The normalized spacial score (nSPS) is 11.5. The Morgan fingerprint density at radius 1 is 0.933 bits per heavy atom. The number of benzene rings is 2. The average molecular weight is 456 g/mol. The first-order valence-corrected chi connectivity index (χ1v) is 11.8. The second-order valence-electron chi connectivity index (χ2n) is 6.18. The predicted octanol–water partition coefficient (Wildman–Crippen LogP) is 1.97. The van der Waals surface area contributed by atoms with E-state index in [0.717, 1.165) is 24.6 Å². The molecule has 0 aliphatic carbocycles. The van der Waals surface area contributed by atoms with Gasteiger partial charge in [-0.05, 0) is 48.9 Å². The summed E-state index contributed by atoms with van der Waals surface area (Å²) >= 11 is 0. The molecule has 0 saturated heterocycles. The second kappa shape index (κ2) is 9.59. The van der Waals surface area contributed by atoms with Gasteiger partial charge in [0, 0.05) is 12.2 Å². The van der Waals surface area contributed by atoms with Crippen molar-refractivity contribution in [2.24, 2.45) is 0 Å². The number of urea groups is 1. The molecule has 30 heavy (non-hydrogen) atoms. The third-order valence-corrected chi connectivity index (χ3v) is 6.58. The first-order valence-electron chi connectivity index (χ1n) is 8.82. The molecule has 0 aliphatic rings. The molecule has 162 valence electrons. The minimum Gasteiger partial charge on any atom is -0.478 e. The molecular formula is C18H21N3O7S2. The van der Waals surface area contributed by atoms with Crippen LogP contribution in [-0.4, -0.2) is 40.5 Å². The monoisotopic (exact) mass is 455 g/mol. The van der Waals surface area contributed by atoms with Gasteiger partial charge in [0.2, 0.25) is 0 Å². The van der Waals surface area contributed by atoms with Crippen molar-refractivity contribution in [1.29, 1.82) is 0 Å². The molecule has 10 nitrogen and oxygen atoms in total. The lowest BCUT2D eigenvalue weighted by Gasteiger charge is -2.11. The molecule has 0 fully saturated rings. The van der Waals surface area contributed by atoms with E-state index < -0.39 is 32.0 Å². The molecule has 0 aliphatic heterocycles. The number of hydrogen-bond acceptors (Lipinski definition) is 6. The van der Waals surface area contributed by atoms with Crippen molar-refractivity contribution in [2.45, 2.75) is 29.6 Å². The molecule has 2 aromatic carbocycles. The van der Waals surface area contributed by atoms with Crippen LogP contribution in [0, 0.1) is 0 Å². The summed E-state index contributed by atoms with van der Waals surface area (Å²) in [6.45, 7) is 2.26. The van der Waals surface area contributed by atoms with Gasteiger partial charge in [0.15, 0.2) is 0 Å². The number of carbonyl (C=O) groups is 2. The van der Waals surface area contributed by atoms with Crippen LogP contribution in [0.4, 0.5) is 10.5 Å². The summed E-state index contributed by atoms with van der Waals surface area (Å²) in [5, 5.41) is 11.4. The Bertz CT molecular complexity index is 1130. The lowest BCUT2D eigenvalue weighted by atomic mass is 10.2. The lowest BCUT2D eigenvalue weighted by molar-refractivity contribution is 0.0696. The Balaban J connectivity index is 2.12. The van der Waals surface area contributed by atoms with Crippen molar-refractivity contribution in [3.8, 4) is 0 Å². The van der Waals surface area contributed by atoms with E-state index in [4.69, 9.17) is 5.11 Å². The van der Waals surface area contributed by atoms with Gasteiger partial charge < -0.3 is 10.4 Å². The van der Waals surface area contributed by atoms with Gasteiger partial charge in [-0.15, -0.1) is 0 Å². The molecule has 2 amide bonds. The number of rotatable bonds is 9. The highest BCUT2D eigenvalue weighted by atomic mass is 32.2. The maximum absolute atomic E-state index is 12.4. The van der Waals surface area contributed by atoms with E-state index in [1.807, 2.05) is 11.6 Å². The van der Waals surface area contributed by atoms with Crippen LogP contribution in [0.1, 0.15) is 30.1 Å². The fourth-order valence-corrected chi connectivity index (χ4v) is 4.34. The zero-order valence-corrected chi connectivity index (χ0v) is 17.6. The summed E-state index contributed by atoms with van der Waals surface area (Å²) in [6, 6.07) is 8.62. The first kappa shape index (κ1) is 23.2. The van der Waals surface area contributed by atoms with Gasteiger partial charge in [-0.25, -0.2) is 31.1 Å². The molecule has 4 N–H and O–H groups in total. The number of amides is 2. The molecule has 2 aromatic rings. The number of anilines is 1. The van der Waals surface area contributed by atoms with Crippen molar-refractivity contribution >= 4 is 37.7 Å². The maximum Gasteiger partial charge on any atom is 0.335 e. The van der Waals surface area contributed by atoms with Crippen LogP contribution in [0.15, 0.2) is 58.3 Å². The molecule has 0 heterocycles. The number of hydrogen-bond donors (Lipinski definition) is 4. The van der Waals surface area contributed by atoms with Crippen LogP contribution in [-0.2, 0) is 20.0 Å². The van der Waals surface area contributed by atoms with E-state index in [0.29, 0.717) is 13.0 Å². The Kier molecular flexibility index (Phi) is 7.40. The molecule has 0 radical (unpaired) electrons. The van der Waals surface area contributed by atoms with Crippen molar-refractivity contribution < 1.29 is 31.5 Å². The molecule has 0 unspecified atom stereocenters. The maximum atomic E-state index is 12.4. The van der Waals surface area contributed by atoms with E-state index in [1.165, 1.54) is 30.3 Å². The quantitative estimate of drug-likeness (QED) is 0.421. The summed E-state index contributed by atoms with van der Waals surface area (Å²) in [7, 11) is -8.22. The van der Waals surface area contributed by atoms with Crippen LogP contribution in [0.3, 0.4) is 0 Å². The van der Waals surface area contributed by atoms with Gasteiger partial charge >= 0.3 is 12.0 Å². The number of aromatic carboxylic acids is 1. The van der Waals surface area contributed by atoms with E-state index >= 15 is 0 Å². The summed E-state index contributed by atoms with van der Waals surface area (Å²) in [4.78, 5) is 22.2. The topological polar surface area (TPSA) is 159 Å². The molecule has 2 rings (SSSR count). The number of carbonyl (C=O) groups excluding carboxylic acids is 1. The van der Waals surface area contributed by atoms with Crippen molar-refractivity contribution in [2.75, 3.05) is 11.3 Å². The third-order valence-electron chi connectivity index (χ3n) is 3.85. The molecule has 0 spiro atoms. The fraction of sp³-hybridized carbons (Fsp3) is 0.222. The number of sulfonamides is 2. The number of carboxylic acid groups (broad SMARTS) is 1. The van der Waals surface area contributed by atoms with Crippen LogP contribution < -0.4 is 14.8 Å². The van der Waals surface area contributed by atoms with Crippen LogP contribution in [0.25, 0.3) is 0 Å². The van der Waals surface area contributed by atoms with E-state index in [-0.39, 0.29) is 21.0 Å². The van der Waals surface area contributed by atoms with Crippen molar-refractivity contribution in [3.63, 3.8) is 0 Å². The van der Waals surface area contributed by atoms with Gasteiger partial charge in [0.05, 0.1) is 15.4 Å². The standard InChI is InChI=1S/C18H21N3O7S2/c1-2-3-11-19-18(24)21-29(25,26)15-9-7-14(8-10-15)20-30(27,28)16-6-4-5-13(12-16)17(22)23/h4-10,12,20H,2-3,11H2,1H3,(H,22,23)(H2,19,21,24). The number of nitrogens with one attached hydrogen (secondary N) is 3. The third kappa shape index (κ3) is 6.19. The number of carboxylic acids is 1. The molecule has 0 atom stereocenters. The minimum absolute atomic E-state index is 0.0575. The van der Waals surface area contributed by atoms with Gasteiger partial charge in [0.25, 0.3) is 20.0 Å². The van der Waals surface area contributed by atoms with Gasteiger partial charge in [-0.3, -0.25) is 4.72 Å². The zero-order chi connectivity index (χ0) is 22.4. The number of unbranched alkanes of at least 4 members (excludes halogenated alkanes) is 1. The van der Waals surface area contributed by atoms with Crippen molar-refractivity contribution in [3.05, 3.63) is 54.1 Å². The average Bonchev–Trinajstić information content (AvgIpc) is 2.68. The molecule has 0 bridgehead atoms. The highest BCUT2D eigenvalue weighted by Crippen LogP contribution is 2.19. The highest BCUT2D eigenvalue weighted by Gasteiger charge is 2.19. The Hall–Kier alpha value is -3.12. The first-order chi connectivity index (χ1) is 14.0. The van der Waals surface area contributed by atoms with Crippen molar-refractivity contribution in [1.82, 2.24) is 10.0 Å². The summed E-state index contributed by atoms with van der Waals surface area (Å²) in [6.07, 6.45) is 1.54. The highest BCUT2D eigenvalue weighted by molar-refractivity contribution is 7.92. The summed E-state index contributed by atoms with van der Waals surface area (Å²) < 4.78 is 53.4. The molecule has 0 saturated carbocycles. The van der Waals surface area contributed by atoms with Crippen LogP contribution in [0.2, 0.25) is 0 Å². The molecular weight excluding hydrogens is 434 g/mol. The Labute approximate surface area is 174 Å². The zero-order valence-electron chi connectivity index (χ0n) is 16.0. The van der Waals surface area contributed by atoms with Gasteiger partial charge in [-0.2, -0.15) is 0 Å². The Morgan fingerprint density at radius 3 is 2.20 bits per heavy atom. The van der Waals surface area contributed by atoms with Crippen LogP contribution in [0.5, 0.6) is 0 Å². The summed E-state index contributed by atoms with van der Waals surface area (Å²) in [5.74, 6) is -1.27. The fourth-order valence-electron chi connectivity index (χ4n) is 2.31. The largest absolute Gasteiger partial charge is 0.478 e. The summed E-state index contributed by atoms with van der Waals surface area (Å²) in [5.41, 5.74) is -0.135. The lowest BCUT2D eigenvalue weighted by Crippen LogP contribution is -2.39. The smallest absolute Gasteiger partial charge is 0.335 e. The minimum atomic E-state index is -4.13. The van der Waals surface area contributed by atoms with Gasteiger partial charge in [0.1, 0.15) is 0 Å². The molecule has 12 heteroatoms. The SMILES string of the molecule is CCCCNC(=O)NS(=O)(=O)c1ccc(NS(=O)(=O)c2cccc(C(=O)O)c2)cc1. The molecule has 0 aromatic heterocycles. The van der Waals surface area contributed by atoms with E-state index in [1.54, 1.807) is 0 Å².